The van der Waals surface area contributed by atoms with Crippen LogP contribution in [0.2, 0.25) is 0 Å². The van der Waals surface area contributed by atoms with Crippen molar-refractivity contribution in [2.24, 2.45) is 0 Å². The van der Waals surface area contributed by atoms with Crippen molar-refractivity contribution in [2.45, 2.75) is 0 Å². The number of nitrogens with one attached hydrogen (secondary N) is 1. The predicted octanol–water partition coefficient (Wildman–Crippen LogP) is 2.38. The summed E-state index contributed by atoms with van der Waals surface area (Å²) in [4.78, 5) is 3.20. The second-order valence-corrected chi connectivity index (χ2v) is 3.37. The van der Waals surface area contributed by atoms with Gasteiger partial charge in [-0.1, -0.05) is 30.3 Å². The number of hydrogen-bond donors (Lipinski definition) is 2. The van der Waals surface area contributed by atoms with E-state index in [2.05, 4.69) is 4.98 Å². The van der Waals surface area contributed by atoms with E-state index in [9.17, 15) is 5.11 Å². The van der Waals surface area contributed by atoms with Crippen LogP contribution in [-0.2, 0) is 0 Å². The molecule has 2 nitrogen and oxygen atoms in total. The molecule has 1 heterocycles. The molecular formula is C12H10KNO. The van der Waals surface area contributed by atoms with Crippen LogP contribution in [0.5, 0.6) is 5.75 Å². The van der Waals surface area contributed by atoms with Gasteiger partial charge >= 0.3 is 51.4 Å². The normalized spacial score (nSPS) is 10.4. The Morgan fingerprint density at radius 2 is 1.60 bits per heavy atom. The molecule has 0 unspecified atom stereocenters. The Balaban J connectivity index is 0.000000853. The predicted molar refractivity (Wildman–Crippen MR) is 64.6 cm³/mol. The first-order chi connectivity index (χ1) is 6.86. The van der Waals surface area contributed by atoms with Crippen molar-refractivity contribution in [2.75, 3.05) is 0 Å². The van der Waals surface area contributed by atoms with E-state index in [0.717, 1.165) is 21.8 Å². The first-order valence-electron chi connectivity index (χ1n) is 4.54. The van der Waals surface area contributed by atoms with Gasteiger partial charge in [-0.2, -0.15) is 0 Å². The molecule has 15 heavy (non-hydrogen) atoms. The molecule has 0 saturated carbocycles. The minimum absolute atomic E-state index is 0. The van der Waals surface area contributed by atoms with Gasteiger partial charge < -0.3 is 10.1 Å². The number of hydrogen-bond acceptors (Lipinski definition) is 1. The van der Waals surface area contributed by atoms with E-state index < -0.39 is 0 Å². The van der Waals surface area contributed by atoms with Gasteiger partial charge in [-0.05, 0) is 12.1 Å². The second kappa shape index (κ2) is 4.27. The zero-order valence-electron chi connectivity index (χ0n) is 7.49. The fourth-order valence-electron chi connectivity index (χ4n) is 1.86. The average Bonchev–Trinajstić information content (AvgIpc) is 2.59. The molecule has 3 aromatic rings. The van der Waals surface area contributed by atoms with Crippen LogP contribution in [0.25, 0.3) is 21.8 Å². The summed E-state index contributed by atoms with van der Waals surface area (Å²) in [6.07, 6.45) is 0. The Morgan fingerprint density at radius 3 is 2.47 bits per heavy atom. The topological polar surface area (TPSA) is 36.0 Å². The SMILES string of the molecule is Oc1cccc2c1[nH]c1ccccc12.[KH]. The molecule has 0 aliphatic carbocycles. The second-order valence-electron chi connectivity index (χ2n) is 3.37. The Morgan fingerprint density at radius 1 is 0.867 bits per heavy atom. The summed E-state index contributed by atoms with van der Waals surface area (Å²) < 4.78 is 0. The molecule has 0 radical (unpaired) electrons. The maximum absolute atomic E-state index is 9.64. The van der Waals surface area contributed by atoms with Gasteiger partial charge in [0.25, 0.3) is 0 Å². The molecule has 3 heteroatoms. The molecule has 0 aliphatic rings. The Labute approximate surface area is 130 Å². The third-order valence-corrected chi connectivity index (χ3v) is 2.52. The van der Waals surface area contributed by atoms with Crippen LogP contribution in [-0.4, -0.2) is 61.5 Å². The summed E-state index contributed by atoms with van der Waals surface area (Å²) in [7, 11) is 0. The molecular weight excluding hydrogens is 213 g/mol. The fraction of sp³-hybridized carbons (Fsp3) is 0. The van der Waals surface area contributed by atoms with E-state index in [4.69, 9.17) is 0 Å². The molecule has 2 N–H and O–H groups in total. The number of rotatable bonds is 0. The standard InChI is InChI=1S/C12H9NO.K.H/c14-11-7-3-5-9-8-4-1-2-6-10(8)13-12(9)11;;/h1-7,13-14H;;. The summed E-state index contributed by atoms with van der Waals surface area (Å²) in [6.45, 7) is 0. The Bertz CT molecular complexity index is 615. The van der Waals surface area contributed by atoms with Gasteiger partial charge in [-0.25, -0.2) is 0 Å². The van der Waals surface area contributed by atoms with Crippen LogP contribution in [0.3, 0.4) is 0 Å². The molecule has 1 aromatic heterocycles. The molecule has 0 atom stereocenters. The van der Waals surface area contributed by atoms with E-state index in [1.165, 1.54) is 0 Å². The van der Waals surface area contributed by atoms with Crippen LogP contribution >= 0.6 is 0 Å². The van der Waals surface area contributed by atoms with Gasteiger partial charge in [0, 0.05) is 16.3 Å². The Hall–Kier alpha value is -0.324. The monoisotopic (exact) mass is 223 g/mol. The molecule has 0 spiro atoms. The number of aromatic nitrogens is 1. The maximum atomic E-state index is 9.64. The number of phenols is 1. The third kappa shape index (κ3) is 1.75. The van der Waals surface area contributed by atoms with Gasteiger partial charge in [0.15, 0.2) is 0 Å². The van der Waals surface area contributed by atoms with Crippen molar-refractivity contribution in [3.63, 3.8) is 0 Å². The first-order valence-corrected chi connectivity index (χ1v) is 4.54. The molecule has 0 bridgehead atoms. The number of aromatic amines is 1. The van der Waals surface area contributed by atoms with Gasteiger partial charge in [0.05, 0.1) is 5.52 Å². The fourth-order valence-corrected chi connectivity index (χ4v) is 1.86. The van der Waals surface area contributed by atoms with Crippen molar-refractivity contribution in [1.29, 1.82) is 0 Å². The number of aromatic hydroxyl groups is 1. The summed E-state index contributed by atoms with van der Waals surface area (Å²) in [5, 5.41) is 11.9. The minimum atomic E-state index is 0. The number of benzene rings is 2. The van der Waals surface area contributed by atoms with Crippen molar-refractivity contribution in [3.05, 3.63) is 42.5 Å². The van der Waals surface area contributed by atoms with E-state index >= 15 is 0 Å². The van der Waals surface area contributed by atoms with Gasteiger partial charge in [-0.3, -0.25) is 0 Å². The summed E-state index contributed by atoms with van der Waals surface area (Å²) in [5.74, 6) is 0.304. The number of fused-ring (bicyclic) bond motifs is 3. The van der Waals surface area contributed by atoms with Gasteiger partial charge in [0.1, 0.15) is 5.75 Å². The van der Waals surface area contributed by atoms with Gasteiger partial charge in [-0.15, -0.1) is 0 Å². The third-order valence-electron chi connectivity index (χ3n) is 2.52. The molecule has 70 valence electrons. The van der Waals surface area contributed by atoms with Crippen molar-refractivity contribution in [1.82, 2.24) is 4.98 Å². The van der Waals surface area contributed by atoms with E-state index in [0.29, 0.717) is 5.75 Å². The first kappa shape index (κ1) is 11.2. The van der Waals surface area contributed by atoms with Crippen LogP contribution in [0.15, 0.2) is 42.5 Å². The van der Waals surface area contributed by atoms with Crippen molar-refractivity contribution >= 4 is 73.2 Å². The van der Waals surface area contributed by atoms with Crippen LogP contribution in [0.1, 0.15) is 0 Å². The quantitative estimate of drug-likeness (QED) is 0.564. The number of H-pyrrole nitrogens is 1. The number of para-hydroxylation sites is 2. The molecule has 0 amide bonds. The molecule has 0 fully saturated rings. The summed E-state index contributed by atoms with van der Waals surface area (Å²) in [6, 6.07) is 13.6. The zero-order chi connectivity index (χ0) is 9.54. The van der Waals surface area contributed by atoms with Gasteiger partial charge in [0.2, 0.25) is 0 Å². The van der Waals surface area contributed by atoms with E-state index in [1.54, 1.807) is 6.07 Å². The molecule has 2 aromatic carbocycles. The molecule has 0 saturated heterocycles. The van der Waals surface area contributed by atoms with Crippen molar-refractivity contribution < 1.29 is 5.11 Å². The van der Waals surface area contributed by atoms with Crippen molar-refractivity contribution in [3.8, 4) is 5.75 Å². The number of phenolic OH excluding ortho intramolecular Hbond substituents is 1. The Kier molecular flexibility index (Phi) is 3.18. The van der Waals surface area contributed by atoms with Crippen LogP contribution in [0.4, 0.5) is 0 Å². The van der Waals surface area contributed by atoms with Crippen LogP contribution < -0.4 is 0 Å². The van der Waals surface area contributed by atoms with E-state index in [1.807, 2.05) is 36.4 Å². The zero-order valence-corrected chi connectivity index (χ0v) is 7.49. The summed E-state index contributed by atoms with van der Waals surface area (Å²) >= 11 is 0. The molecule has 0 aliphatic heterocycles. The average molecular weight is 223 g/mol. The summed E-state index contributed by atoms with van der Waals surface area (Å²) in [5.41, 5.74) is 1.87. The van der Waals surface area contributed by atoms with E-state index in [-0.39, 0.29) is 51.4 Å². The van der Waals surface area contributed by atoms with Crippen LogP contribution in [0, 0.1) is 0 Å². The molecule has 3 rings (SSSR count).